The highest BCUT2D eigenvalue weighted by molar-refractivity contribution is 6.31. The maximum Gasteiger partial charge on any atom is 0.227 e. The van der Waals surface area contributed by atoms with Crippen molar-refractivity contribution in [3.8, 4) is 5.88 Å². The SMILES string of the molecule is Cc1nccc(O[C@@H]2CCN(C(=O)Cc3ccccc3Cl)C2)n1. The molecule has 5 nitrogen and oxygen atoms in total. The molecular formula is C17H18ClN3O2. The molecule has 120 valence electrons. The van der Waals surface area contributed by atoms with Crippen LogP contribution in [0.2, 0.25) is 5.02 Å². The minimum atomic E-state index is -0.0282. The molecule has 1 aromatic heterocycles. The number of aryl methyl sites for hydroxylation is 1. The van der Waals surface area contributed by atoms with Crippen molar-refractivity contribution in [3.05, 3.63) is 52.9 Å². The van der Waals surface area contributed by atoms with E-state index in [1.54, 1.807) is 18.3 Å². The molecule has 1 atom stereocenters. The molecule has 3 rings (SSSR count). The molecule has 1 aromatic carbocycles. The lowest BCUT2D eigenvalue weighted by atomic mass is 10.1. The Labute approximate surface area is 140 Å². The number of nitrogens with zero attached hydrogens (tertiary/aromatic N) is 3. The van der Waals surface area contributed by atoms with Gasteiger partial charge in [0.05, 0.1) is 13.0 Å². The Kier molecular flexibility index (Phi) is 4.76. The smallest absolute Gasteiger partial charge is 0.227 e. The van der Waals surface area contributed by atoms with Crippen LogP contribution in [0.25, 0.3) is 0 Å². The third kappa shape index (κ3) is 3.99. The number of hydrogen-bond acceptors (Lipinski definition) is 4. The quantitative estimate of drug-likeness (QED) is 0.864. The summed E-state index contributed by atoms with van der Waals surface area (Å²) < 4.78 is 5.84. The molecule has 1 fully saturated rings. The average Bonchev–Trinajstić information content (AvgIpc) is 2.98. The van der Waals surface area contributed by atoms with Crippen LogP contribution in [-0.4, -0.2) is 40.0 Å². The van der Waals surface area contributed by atoms with Gasteiger partial charge in [0.25, 0.3) is 0 Å². The molecule has 0 unspecified atom stereocenters. The van der Waals surface area contributed by atoms with Crippen LogP contribution >= 0.6 is 11.6 Å². The Morgan fingerprint density at radius 2 is 2.22 bits per heavy atom. The predicted octanol–water partition coefficient (Wildman–Crippen LogP) is 2.66. The molecule has 1 aliphatic rings. The Morgan fingerprint density at radius 1 is 1.39 bits per heavy atom. The van der Waals surface area contributed by atoms with E-state index in [-0.39, 0.29) is 12.0 Å². The zero-order valence-corrected chi connectivity index (χ0v) is 13.7. The van der Waals surface area contributed by atoms with Crippen LogP contribution < -0.4 is 4.74 Å². The van der Waals surface area contributed by atoms with E-state index in [1.807, 2.05) is 30.0 Å². The molecule has 0 N–H and O–H groups in total. The van der Waals surface area contributed by atoms with Crippen LogP contribution in [0.3, 0.4) is 0 Å². The first kappa shape index (κ1) is 15.7. The zero-order valence-electron chi connectivity index (χ0n) is 12.9. The Bertz CT molecular complexity index is 708. The van der Waals surface area contributed by atoms with E-state index in [9.17, 15) is 4.79 Å². The van der Waals surface area contributed by atoms with Gasteiger partial charge in [-0.25, -0.2) is 4.98 Å². The molecule has 2 aromatic rings. The van der Waals surface area contributed by atoms with Crippen LogP contribution in [0, 0.1) is 6.92 Å². The van der Waals surface area contributed by atoms with E-state index in [1.165, 1.54) is 0 Å². The third-order valence-corrected chi connectivity index (χ3v) is 4.20. The van der Waals surface area contributed by atoms with Crippen molar-refractivity contribution in [2.24, 2.45) is 0 Å². The Balaban J connectivity index is 1.57. The minimum absolute atomic E-state index is 0.0282. The minimum Gasteiger partial charge on any atom is -0.472 e. The second-order valence-corrected chi connectivity index (χ2v) is 5.99. The van der Waals surface area contributed by atoms with E-state index in [4.69, 9.17) is 16.3 Å². The van der Waals surface area contributed by atoms with Crippen LogP contribution in [-0.2, 0) is 11.2 Å². The normalized spacial score (nSPS) is 17.3. The van der Waals surface area contributed by atoms with Crippen LogP contribution in [0.15, 0.2) is 36.5 Å². The van der Waals surface area contributed by atoms with Gasteiger partial charge in [0, 0.05) is 30.3 Å². The van der Waals surface area contributed by atoms with Gasteiger partial charge < -0.3 is 9.64 Å². The van der Waals surface area contributed by atoms with Gasteiger partial charge in [-0.3, -0.25) is 4.79 Å². The maximum absolute atomic E-state index is 12.4. The summed E-state index contributed by atoms with van der Waals surface area (Å²) in [5.41, 5.74) is 0.856. The summed E-state index contributed by atoms with van der Waals surface area (Å²) in [6.07, 6.45) is 2.77. The van der Waals surface area contributed by atoms with Crippen molar-refractivity contribution in [3.63, 3.8) is 0 Å². The van der Waals surface area contributed by atoms with Crippen molar-refractivity contribution in [1.82, 2.24) is 14.9 Å². The fraction of sp³-hybridized carbons (Fsp3) is 0.353. The summed E-state index contributed by atoms with van der Waals surface area (Å²) >= 11 is 6.12. The molecule has 0 aliphatic carbocycles. The average molecular weight is 332 g/mol. The van der Waals surface area contributed by atoms with Gasteiger partial charge in [-0.05, 0) is 18.6 Å². The molecule has 1 aliphatic heterocycles. The fourth-order valence-electron chi connectivity index (χ4n) is 2.64. The largest absolute Gasteiger partial charge is 0.472 e. The molecule has 6 heteroatoms. The highest BCUT2D eigenvalue weighted by Crippen LogP contribution is 2.20. The zero-order chi connectivity index (χ0) is 16.2. The molecule has 0 radical (unpaired) electrons. The summed E-state index contributed by atoms with van der Waals surface area (Å²) in [6, 6.07) is 9.17. The summed E-state index contributed by atoms with van der Waals surface area (Å²) in [5.74, 6) is 1.30. The lowest BCUT2D eigenvalue weighted by Crippen LogP contribution is -2.32. The Hall–Kier alpha value is -2.14. The molecule has 0 spiro atoms. The van der Waals surface area contributed by atoms with Gasteiger partial charge in [-0.15, -0.1) is 0 Å². The van der Waals surface area contributed by atoms with Gasteiger partial charge in [0.15, 0.2) is 0 Å². The van der Waals surface area contributed by atoms with Crippen molar-refractivity contribution < 1.29 is 9.53 Å². The first-order chi connectivity index (χ1) is 11.1. The van der Waals surface area contributed by atoms with Gasteiger partial charge in [-0.2, -0.15) is 4.98 Å². The highest BCUT2D eigenvalue weighted by Gasteiger charge is 2.28. The second kappa shape index (κ2) is 6.96. The van der Waals surface area contributed by atoms with Crippen LogP contribution in [0.1, 0.15) is 17.8 Å². The van der Waals surface area contributed by atoms with Crippen molar-refractivity contribution in [2.45, 2.75) is 25.9 Å². The van der Waals surface area contributed by atoms with Gasteiger partial charge in [0.2, 0.25) is 11.8 Å². The molecule has 0 bridgehead atoms. The van der Waals surface area contributed by atoms with Crippen molar-refractivity contribution >= 4 is 17.5 Å². The first-order valence-electron chi connectivity index (χ1n) is 7.59. The number of halogens is 1. The molecule has 23 heavy (non-hydrogen) atoms. The lowest BCUT2D eigenvalue weighted by molar-refractivity contribution is -0.129. The predicted molar refractivity (Wildman–Crippen MR) is 87.5 cm³/mol. The number of carbonyl (C=O) groups excluding carboxylic acids is 1. The third-order valence-electron chi connectivity index (χ3n) is 3.84. The summed E-state index contributed by atoms with van der Waals surface area (Å²) in [5, 5.41) is 0.629. The van der Waals surface area contributed by atoms with Gasteiger partial charge >= 0.3 is 0 Å². The lowest BCUT2D eigenvalue weighted by Gasteiger charge is -2.17. The number of amides is 1. The molecule has 2 heterocycles. The van der Waals surface area contributed by atoms with E-state index < -0.39 is 0 Å². The van der Waals surface area contributed by atoms with Crippen LogP contribution in [0.4, 0.5) is 0 Å². The summed E-state index contributed by atoms with van der Waals surface area (Å²) in [7, 11) is 0. The standard InChI is InChI=1S/C17H18ClN3O2/c1-12-19-8-6-16(20-12)23-14-7-9-21(11-14)17(22)10-13-4-2-3-5-15(13)18/h2-6,8,14H,7,9-11H2,1H3/t14-/m1/s1. The molecule has 1 amide bonds. The summed E-state index contributed by atoms with van der Waals surface area (Å²) in [4.78, 5) is 22.5. The number of ether oxygens (including phenoxy) is 1. The second-order valence-electron chi connectivity index (χ2n) is 5.58. The maximum atomic E-state index is 12.4. The molecule has 0 saturated carbocycles. The molecular weight excluding hydrogens is 314 g/mol. The first-order valence-corrected chi connectivity index (χ1v) is 7.97. The summed E-state index contributed by atoms with van der Waals surface area (Å²) in [6.45, 7) is 3.09. The number of hydrogen-bond donors (Lipinski definition) is 0. The van der Waals surface area contributed by atoms with E-state index >= 15 is 0 Å². The monoisotopic (exact) mass is 331 g/mol. The topological polar surface area (TPSA) is 55.3 Å². The number of aromatic nitrogens is 2. The van der Waals surface area contributed by atoms with Gasteiger partial charge in [-0.1, -0.05) is 29.8 Å². The van der Waals surface area contributed by atoms with Crippen molar-refractivity contribution in [2.75, 3.05) is 13.1 Å². The Morgan fingerprint density at radius 3 is 3.00 bits per heavy atom. The number of rotatable bonds is 4. The van der Waals surface area contributed by atoms with Crippen LogP contribution in [0.5, 0.6) is 5.88 Å². The van der Waals surface area contributed by atoms with E-state index in [0.29, 0.717) is 36.2 Å². The van der Waals surface area contributed by atoms with Crippen molar-refractivity contribution in [1.29, 1.82) is 0 Å². The van der Waals surface area contributed by atoms with E-state index in [2.05, 4.69) is 9.97 Å². The number of likely N-dealkylation sites (tertiary alicyclic amines) is 1. The molecule has 1 saturated heterocycles. The van der Waals surface area contributed by atoms with Gasteiger partial charge in [0.1, 0.15) is 11.9 Å². The number of benzene rings is 1. The number of carbonyl (C=O) groups is 1. The van der Waals surface area contributed by atoms with E-state index in [0.717, 1.165) is 12.0 Å². The highest BCUT2D eigenvalue weighted by atomic mass is 35.5. The fourth-order valence-corrected chi connectivity index (χ4v) is 2.84.